The summed E-state index contributed by atoms with van der Waals surface area (Å²) in [7, 11) is 0. The van der Waals surface area contributed by atoms with Crippen molar-refractivity contribution in [3.05, 3.63) is 30.1 Å². The predicted octanol–water partition coefficient (Wildman–Crippen LogP) is 1.84. The van der Waals surface area contributed by atoms with Crippen LogP contribution in [0.5, 0.6) is 0 Å². The molecule has 5 heteroatoms. The Kier molecular flexibility index (Phi) is 4.74. The molecule has 2 aliphatic heterocycles. The average Bonchev–Trinajstić information content (AvgIpc) is 2.56. The van der Waals surface area contributed by atoms with Crippen LogP contribution in [0.4, 0.5) is 0 Å². The summed E-state index contributed by atoms with van der Waals surface area (Å²) >= 11 is 0. The van der Waals surface area contributed by atoms with Gasteiger partial charge in [-0.2, -0.15) is 0 Å². The van der Waals surface area contributed by atoms with E-state index in [0.717, 1.165) is 51.9 Å². The molecule has 1 aromatic rings. The number of ether oxygens (including phenoxy) is 1. The smallest absolute Gasteiger partial charge is 0.255 e. The van der Waals surface area contributed by atoms with Crippen LogP contribution in [0.3, 0.4) is 0 Å². The molecule has 2 fully saturated rings. The molecule has 22 heavy (non-hydrogen) atoms. The minimum absolute atomic E-state index is 0.0309. The lowest BCUT2D eigenvalue weighted by Gasteiger charge is -2.46. The molecule has 0 saturated carbocycles. The van der Waals surface area contributed by atoms with Crippen molar-refractivity contribution in [2.24, 2.45) is 0 Å². The molecule has 1 amide bonds. The average molecular weight is 303 g/mol. The molecule has 1 atom stereocenters. The zero-order valence-corrected chi connectivity index (χ0v) is 13.3. The third-order valence-corrected chi connectivity index (χ3v) is 4.86. The van der Waals surface area contributed by atoms with E-state index in [4.69, 9.17) is 4.74 Å². The predicted molar refractivity (Wildman–Crippen MR) is 84.8 cm³/mol. The third-order valence-electron chi connectivity index (χ3n) is 4.86. The van der Waals surface area contributed by atoms with Gasteiger partial charge in [-0.15, -0.1) is 0 Å². The second-order valence-corrected chi connectivity index (χ2v) is 6.31. The SMILES string of the molecule is CCN[C@H]1CCOC2(CCN(C(=O)c3cccnc3)CC2)C1. The molecule has 0 unspecified atom stereocenters. The van der Waals surface area contributed by atoms with Crippen LogP contribution < -0.4 is 5.32 Å². The molecule has 2 aliphatic rings. The van der Waals surface area contributed by atoms with Crippen LogP contribution in [-0.4, -0.2) is 53.7 Å². The first-order chi connectivity index (χ1) is 10.7. The van der Waals surface area contributed by atoms with E-state index in [1.807, 2.05) is 17.0 Å². The number of nitrogens with one attached hydrogen (secondary N) is 1. The molecule has 0 aliphatic carbocycles. The fraction of sp³-hybridized carbons (Fsp3) is 0.647. The third kappa shape index (κ3) is 3.31. The molecule has 5 nitrogen and oxygen atoms in total. The highest BCUT2D eigenvalue weighted by Crippen LogP contribution is 2.35. The van der Waals surface area contributed by atoms with Crippen LogP contribution in [0.1, 0.15) is 43.0 Å². The van der Waals surface area contributed by atoms with Gasteiger partial charge in [-0.3, -0.25) is 9.78 Å². The Hall–Kier alpha value is -1.46. The quantitative estimate of drug-likeness (QED) is 0.926. The number of nitrogens with zero attached hydrogens (tertiary/aromatic N) is 2. The van der Waals surface area contributed by atoms with E-state index in [0.29, 0.717) is 11.6 Å². The first kappa shape index (κ1) is 15.4. The van der Waals surface area contributed by atoms with E-state index >= 15 is 0 Å². The number of pyridine rings is 1. The molecule has 0 aromatic carbocycles. The number of aromatic nitrogens is 1. The monoisotopic (exact) mass is 303 g/mol. The summed E-state index contributed by atoms with van der Waals surface area (Å²) in [5.74, 6) is 0.0852. The van der Waals surface area contributed by atoms with Gasteiger partial charge in [0.1, 0.15) is 0 Å². The van der Waals surface area contributed by atoms with Crippen molar-refractivity contribution in [2.45, 2.75) is 44.2 Å². The van der Waals surface area contributed by atoms with E-state index in [1.54, 1.807) is 12.4 Å². The maximum absolute atomic E-state index is 12.5. The van der Waals surface area contributed by atoms with Crippen molar-refractivity contribution in [3.63, 3.8) is 0 Å². The summed E-state index contributed by atoms with van der Waals surface area (Å²) in [6, 6.07) is 4.20. The number of hydrogen-bond donors (Lipinski definition) is 1. The topological polar surface area (TPSA) is 54.5 Å². The van der Waals surface area contributed by atoms with Crippen LogP contribution in [0.25, 0.3) is 0 Å². The summed E-state index contributed by atoms with van der Waals surface area (Å²) in [6.07, 6.45) is 7.36. The van der Waals surface area contributed by atoms with Gasteiger partial charge in [0.05, 0.1) is 11.2 Å². The van der Waals surface area contributed by atoms with Gasteiger partial charge in [0, 0.05) is 38.1 Å². The van der Waals surface area contributed by atoms with Crippen molar-refractivity contribution >= 4 is 5.91 Å². The first-order valence-corrected chi connectivity index (χ1v) is 8.29. The normalized spacial score (nSPS) is 24.4. The molecular weight excluding hydrogens is 278 g/mol. The highest BCUT2D eigenvalue weighted by Gasteiger charge is 2.41. The Morgan fingerprint density at radius 2 is 2.32 bits per heavy atom. The molecule has 3 rings (SSSR count). The lowest BCUT2D eigenvalue weighted by atomic mass is 9.82. The van der Waals surface area contributed by atoms with E-state index in [9.17, 15) is 4.79 Å². The van der Waals surface area contributed by atoms with E-state index in [-0.39, 0.29) is 11.5 Å². The van der Waals surface area contributed by atoms with Crippen LogP contribution in [0.15, 0.2) is 24.5 Å². The van der Waals surface area contributed by atoms with Gasteiger partial charge in [0.15, 0.2) is 0 Å². The van der Waals surface area contributed by atoms with Crippen LogP contribution >= 0.6 is 0 Å². The van der Waals surface area contributed by atoms with Crippen LogP contribution in [0.2, 0.25) is 0 Å². The van der Waals surface area contributed by atoms with E-state index in [1.165, 1.54) is 0 Å². The first-order valence-electron chi connectivity index (χ1n) is 8.29. The van der Waals surface area contributed by atoms with Gasteiger partial charge in [0.2, 0.25) is 0 Å². The second-order valence-electron chi connectivity index (χ2n) is 6.31. The number of carbonyl (C=O) groups excluding carboxylic acids is 1. The molecule has 1 spiro atoms. The summed E-state index contributed by atoms with van der Waals surface area (Å²) in [4.78, 5) is 18.4. The van der Waals surface area contributed by atoms with Gasteiger partial charge in [-0.1, -0.05) is 6.92 Å². The summed E-state index contributed by atoms with van der Waals surface area (Å²) < 4.78 is 6.13. The highest BCUT2D eigenvalue weighted by molar-refractivity contribution is 5.93. The lowest BCUT2D eigenvalue weighted by Crippen LogP contribution is -2.53. The zero-order chi connectivity index (χ0) is 15.4. The number of amides is 1. The van der Waals surface area contributed by atoms with Crippen LogP contribution in [-0.2, 0) is 4.74 Å². The Labute approximate surface area is 132 Å². The molecule has 3 heterocycles. The molecule has 0 bridgehead atoms. The van der Waals surface area contributed by atoms with Crippen LogP contribution in [0, 0.1) is 0 Å². The second kappa shape index (κ2) is 6.75. The highest BCUT2D eigenvalue weighted by atomic mass is 16.5. The van der Waals surface area contributed by atoms with Gasteiger partial charge < -0.3 is 15.0 Å². The largest absolute Gasteiger partial charge is 0.375 e. The molecule has 1 N–H and O–H groups in total. The standard InChI is InChI=1S/C17H25N3O2/c1-2-19-15-5-11-22-17(12-15)6-9-20(10-7-17)16(21)14-4-3-8-18-13-14/h3-4,8,13,15,19H,2,5-7,9-12H2,1H3/t15-/m0/s1. The maximum atomic E-state index is 12.5. The summed E-state index contributed by atoms with van der Waals surface area (Å²) in [5.41, 5.74) is 0.644. The van der Waals surface area contributed by atoms with Crippen molar-refractivity contribution in [1.82, 2.24) is 15.2 Å². The van der Waals surface area contributed by atoms with Crippen molar-refractivity contribution < 1.29 is 9.53 Å². The van der Waals surface area contributed by atoms with Crippen molar-refractivity contribution in [1.29, 1.82) is 0 Å². The fourth-order valence-corrected chi connectivity index (χ4v) is 3.63. The van der Waals surface area contributed by atoms with Crippen molar-refractivity contribution in [3.8, 4) is 0 Å². The number of likely N-dealkylation sites (tertiary alicyclic amines) is 1. The van der Waals surface area contributed by atoms with Gasteiger partial charge in [0.25, 0.3) is 5.91 Å². The molecular formula is C17H25N3O2. The number of piperidine rings is 1. The Balaban J connectivity index is 1.59. The number of carbonyl (C=O) groups is 1. The lowest BCUT2D eigenvalue weighted by molar-refractivity contribution is -0.115. The molecule has 0 radical (unpaired) electrons. The van der Waals surface area contributed by atoms with Crippen molar-refractivity contribution in [2.75, 3.05) is 26.2 Å². The molecule has 1 aromatic heterocycles. The number of rotatable bonds is 3. The minimum Gasteiger partial charge on any atom is -0.375 e. The van der Waals surface area contributed by atoms with Gasteiger partial charge in [-0.25, -0.2) is 0 Å². The summed E-state index contributed by atoms with van der Waals surface area (Å²) in [5, 5.41) is 3.55. The zero-order valence-electron chi connectivity index (χ0n) is 13.3. The van der Waals surface area contributed by atoms with Gasteiger partial charge >= 0.3 is 0 Å². The summed E-state index contributed by atoms with van der Waals surface area (Å²) in [6.45, 7) is 5.52. The Morgan fingerprint density at radius 3 is 3.00 bits per heavy atom. The minimum atomic E-state index is -0.0309. The Morgan fingerprint density at radius 1 is 1.50 bits per heavy atom. The van der Waals surface area contributed by atoms with E-state index in [2.05, 4.69) is 17.2 Å². The maximum Gasteiger partial charge on any atom is 0.255 e. The van der Waals surface area contributed by atoms with Gasteiger partial charge in [-0.05, 0) is 44.4 Å². The molecule has 2 saturated heterocycles. The fourth-order valence-electron chi connectivity index (χ4n) is 3.63. The van der Waals surface area contributed by atoms with E-state index < -0.39 is 0 Å². The Bertz CT molecular complexity index is 496. The molecule has 120 valence electrons. The number of hydrogen-bond acceptors (Lipinski definition) is 4.